The minimum atomic E-state index is -0.505. The van der Waals surface area contributed by atoms with E-state index >= 15 is 0 Å². The third kappa shape index (κ3) is 4.20. The van der Waals surface area contributed by atoms with Gasteiger partial charge in [0.2, 0.25) is 0 Å². The van der Waals surface area contributed by atoms with Crippen molar-refractivity contribution in [3.63, 3.8) is 0 Å². The van der Waals surface area contributed by atoms with E-state index in [-0.39, 0.29) is 23.5 Å². The van der Waals surface area contributed by atoms with Crippen molar-refractivity contribution in [3.05, 3.63) is 75.0 Å². The van der Waals surface area contributed by atoms with Crippen LogP contribution in [-0.4, -0.2) is 33.8 Å². The molecule has 1 fully saturated rings. The number of nitro groups is 1. The quantitative estimate of drug-likeness (QED) is 0.307. The number of benzene rings is 2. The van der Waals surface area contributed by atoms with Gasteiger partial charge < -0.3 is 10.2 Å². The minimum Gasteiger partial charge on any atom is -0.366 e. The van der Waals surface area contributed by atoms with Gasteiger partial charge in [-0.15, -0.1) is 0 Å². The summed E-state index contributed by atoms with van der Waals surface area (Å²) in [5, 5.41) is 13.5. The van der Waals surface area contributed by atoms with Crippen molar-refractivity contribution in [2.45, 2.75) is 52.1 Å². The zero-order valence-corrected chi connectivity index (χ0v) is 19.3. The second-order valence-electron chi connectivity index (χ2n) is 9.28. The highest BCUT2D eigenvalue weighted by Crippen LogP contribution is 2.43. The summed E-state index contributed by atoms with van der Waals surface area (Å²) in [7, 11) is 0. The summed E-state index contributed by atoms with van der Waals surface area (Å²) in [5.74, 6) is -0.0379. The van der Waals surface area contributed by atoms with Crippen LogP contribution in [0.4, 0.5) is 16.2 Å². The van der Waals surface area contributed by atoms with Gasteiger partial charge in [0.1, 0.15) is 5.70 Å². The Labute approximate surface area is 193 Å². The van der Waals surface area contributed by atoms with Crippen molar-refractivity contribution >= 4 is 29.4 Å². The fourth-order valence-corrected chi connectivity index (χ4v) is 4.98. The molecule has 3 amide bonds. The lowest BCUT2D eigenvalue weighted by molar-refractivity contribution is -0.384. The zero-order chi connectivity index (χ0) is 23.9. The molecule has 2 aromatic rings. The molecule has 4 rings (SSSR count). The molecule has 0 aromatic heterocycles. The van der Waals surface area contributed by atoms with E-state index in [0.29, 0.717) is 11.5 Å². The van der Waals surface area contributed by atoms with Crippen LogP contribution in [-0.2, 0) is 11.3 Å². The molecule has 1 unspecified atom stereocenters. The summed E-state index contributed by atoms with van der Waals surface area (Å²) in [4.78, 5) is 39.2. The number of non-ortho nitro benzene ring substituents is 1. The lowest BCUT2D eigenvalue weighted by Gasteiger charge is -2.47. The zero-order valence-electron chi connectivity index (χ0n) is 19.3. The number of nitro benzene ring substituents is 1. The van der Waals surface area contributed by atoms with Gasteiger partial charge >= 0.3 is 6.03 Å². The van der Waals surface area contributed by atoms with Gasteiger partial charge in [0.15, 0.2) is 0 Å². The number of nitrogens with one attached hydrogen (secondary N) is 1. The highest BCUT2D eigenvalue weighted by atomic mass is 16.6. The van der Waals surface area contributed by atoms with E-state index in [0.717, 1.165) is 23.4 Å². The van der Waals surface area contributed by atoms with Crippen LogP contribution in [0.15, 0.2) is 48.2 Å². The van der Waals surface area contributed by atoms with Crippen LogP contribution in [0.5, 0.6) is 0 Å². The third-order valence-electron chi connectivity index (χ3n) is 6.49. The number of fused-ring (bicyclic) bond motifs is 1. The van der Waals surface area contributed by atoms with E-state index in [1.165, 1.54) is 23.4 Å². The van der Waals surface area contributed by atoms with E-state index in [4.69, 9.17) is 0 Å². The molecule has 2 aliphatic rings. The largest absolute Gasteiger partial charge is 0.366 e. The van der Waals surface area contributed by atoms with Gasteiger partial charge in [0.05, 0.1) is 11.5 Å². The predicted molar refractivity (Wildman–Crippen MR) is 127 cm³/mol. The highest BCUT2D eigenvalue weighted by molar-refractivity contribution is 6.13. The number of urea groups is 1. The molecular formula is C25H28N4O4. The van der Waals surface area contributed by atoms with Crippen molar-refractivity contribution in [1.29, 1.82) is 0 Å². The maximum absolute atomic E-state index is 12.9. The number of hydrogen-bond acceptors (Lipinski definition) is 5. The van der Waals surface area contributed by atoms with E-state index in [1.807, 2.05) is 6.07 Å². The number of hydrogen-bond donors (Lipinski definition) is 1. The molecule has 1 N–H and O–H groups in total. The Morgan fingerprint density at radius 3 is 2.52 bits per heavy atom. The standard InChI is InChI=1S/C25H28N4O4/c1-5-28-22-11-8-18(12-20(22)16(2)14-25(28,3)4)13-21-23(30)27(24(31)26-21)15-17-6-9-19(10-7-17)29(32)33/h6-13,16H,5,14-15H2,1-4H3,(H,26,31)/b21-13+. The molecule has 33 heavy (non-hydrogen) atoms. The van der Waals surface area contributed by atoms with E-state index in [9.17, 15) is 19.7 Å². The number of rotatable bonds is 5. The van der Waals surface area contributed by atoms with Crippen LogP contribution < -0.4 is 10.2 Å². The van der Waals surface area contributed by atoms with Crippen molar-refractivity contribution in [2.24, 2.45) is 0 Å². The van der Waals surface area contributed by atoms with Gasteiger partial charge in [-0.25, -0.2) is 4.79 Å². The summed E-state index contributed by atoms with van der Waals surface area (Å²) in [6.45, 7) is 9.86. The molecule has 2 aromatic carbocycles. The first-order valence-electron chi connectivity index (χ1n) is 11.1. The van der Waals surface area contributed by atoms with E-state index < -0.39 is 16.9 Å². The van der Waals surface area contributed by atoms with Crippen LogP contribution in [0, 0.1) is 10.1 Å². The van der Waals surface area contributed by atoms with Gasteiger partial charge in [-0.3, -0.25) is 19.8 Å². The Morgan fingerprint density at radius 1 is 1.18 bits per heavy atom. The maximum Gasteiger partial charge on any atom is 0.329 e. The first-order chi connectivity index (χ1) is 15.6. The Kier molecular flexibility index (Phi) is 5.69. The average molecular weight is 449 g/mol. The van der Waals surface area contributed by atoms with E-state index in [1.54, 1.807) is 18.2 Å². The monoisotopic (exact) mass is 448 g/mol. The fourth-order valence-electron chi connectivity index (χ4n) is 4.98. The number of carbonyl (C=O) groups is 2. The van der Waals surface area contributed by atoms with Crippen LogP contribution in [0.1, 0.15) is 56.7 Å². The maximum atomic E-state index is 12.9. The van der Waals surface area contributed by atoms with Crippen molar-refractivity contribution < 1.29 is 14.5 Å². The molecule has 8 heteroatoms. The normalized spacial score (nSPS) is 20.7. The highest BCUT2D eigenvalue weighted by Gasteiger charge is 2.36. The summed E-state index contributed by atoms with van der Waals surface area (Å²) in [5.41, 5.74) is 4.21. The van der Waals surface area contributed by atoms with Crippen molar-refractivity contribution in [1.82, 2.24) is 10.2 Å². The third-order valence-corrected chi connectivity index (χ3v) is 6.49. The van der Waals surface area contributed by atoms with Gasteiger partial charge in [-0.2, -0.15) is 0 Å². The number of imide groups is 1. The van der Waals surface area contributed by atoms with Crippen molar-refractivity contribution in [2.75, 3.05) is 11.4 Å². The fraction of sp³-hybridized carbons (Fsp3) is 0.360. The average Bonchev–Trinajstić information content (AvgIpc) is 3.01. The molecule has 1 saturated heterocycles. The van der Waals surface area contributed by atoms with Crippen LogP contribution in [0.2, 0.25) is 0 Å². The molecule has 1 atom stereocenters. The Balaban J connectivity index is 1.56. The van der Waals surface area contributed by atoms with Crippen LogP contribution >= 0.6 is 0 Å². The number of anilines is 1. The second kappa shape index (κ2) is 8.35. The summed E-state index contributed by atoms with van der Waals surface area (Å²) in [6.07, 6.45) is 2.74. The van der Waals surface area contributed by atoms with Gasteiger partial charge in [0.25, 0.3) is 11.6 Å². The summed E-state index contributed by atoms with van der Waals surface area (Å²) in [6, 6.07) is 11.5. The van der Waals surface area contributed by atoms with Crippen LogP contribution in [0.3, 0.4) is 0 Å². The summed E-state index contributed by atoms with van der Waals surface area (Å²) < 4.78 is 0. The molecule has 0 spiro atoms. The second-order valence-corrected chi connectivity index (χ2v) is 9.28. The number of amides is 3. The molecule has 2 aliphatic heterocycles. The molecule has 2 heterocycles. The molecule has 0 radical (unpaired) electrons. The Hall–Kier alpha value is -3.68. The topological polar surface area (TPSA) is 95.8 Å². The molecule has 172 valence electrons. The number of carbonyl (C=O) groups excluding carboxylic acids is 2. The summed E-state index contributed by atoms with van der Waals surface area (Å²) >= 11 is 0. The van der Waals surface area contributed by atoms with Crippen molar-refractivity contribution in [3.8, 4) is 0 Å². The SMILES string of the molecule is CCN1c2ccc(/C=C3/NC(=O)N(Cc4ccc([N+](=O)[O-])cc4)C3=O)cc2C(C)CC1(C)C. The lowest BCUT2D eigenvalue weighted by atomic mass is 9.79. The van der Waals surface area contributed by atoms with Gasteiger partial charge in [-0.1, -0.05) is 25.1 Å². The first-order valence-corrected chi connectivity index (χ1v) is 11.1. The number of nitrogens with zero attached hydrogens (tertiary/aromatic N) is 3. The van der Waals surface area contributed by atoms with E-state index in [2.05, 4.69) is 50.0 Å². The van der Waals surface area contributed by atoms with Crippen LogP contribution in [0.25, 0.3) is 6.08 Å². The lowest BCUT2D eigenvalue weighted by Crippen LogP contribution is -2.48. The Bertz CT molecular complexity index is 1150. The molecule has 0 bridgehead atoms. The molecule has 8 nitrogen and oxygen atoms in total. The first kappa shape index (κ1) is 22.5. The smallest absolute Gasteiger partial charge is 0.329 e. The van der Waals surface area contributed by atoms with Gasteiger partial charge in [-0.05, 0) is 68.0 Å². The Morgan fingerprint density at radius 2 is 1.88 bits per heavy atom. The molecule has 0 saturated carbocycles. The minimum absolute atomic E-state index is 0.0387. The molecular weight excluding hydrogens is 420 g/mol. The predicted octanol–water partition coefficient (Wildman–Crippen LogP) is 4.80. The van der Waals surface area contributed by atoms with Gasteiger partial charge in [0, 0.05) is 29.9 Å². The molecule has 0 aliphatic carbocycles.